The van der Waals surface area contributed by atoms with Gasteiger partial charge in [0.25, 0.3) is 0 Å². The number of hydrogen-bond acceptors (Lipinski definition) is 1. The highest BCUT2D eigenvalue weighted by molar-refractivity contribution is 9.10. The van der Waals surface area contributed by atoms with Gasteiger partial charge in [-0.25, -0.2) is 22.0 Å². The second-order valence-electron chi connectivity index (χ2n) is 4.38. The van der Waals surface area contributed by atoms with E-state index in [-0.39, 0.29) is 11.6 Å². The van der Waals surface area contributed by atoms with Crippen LogP contribution in [0.25, 0.3) is 0 Å². The van der Waals surface area contributed by atoms with Crippen molar-refractivity contribution in [1.82, 2.24) is 0 Å². The highest BCUT2D eigenvalue weighted by Crippen LogP contribution is 2.29. The summed E-state index contributed by atoms with van der Waals surface area (Å²) in [6.45, 7) is 1.41. The minimum Gasteiger partial charge on any atom is -0.373 e. The highest BCUT2D eigenvalue weighted by atomic mass is 79.9. The van der Waals surface area contributed by atoms with E-state index in [1.807, 2.05) is 0 Å². The largest absolute Gasteiger partial charge is 0.373 e. The number of halogens is 6. The van der Waals surface area contributed by atoms with Crippen molar-refractivity contribution < 1.29 is 22.0 Å². The Hall–Kier alpha value is -1.63. The molecule has 0 bridgehead atoms. The van der Waals surface area contributed by atoms with Crippen LogP contribution in [0.3, 0.4) is 0 Å². The Morgan fingerprint density at radius 2 is 1.48 bits per heavy atom. The van der Waals surface area contributed by atoms with Gasteiger partial charge in [-0.1, -0.05) is 22.0 Å². The van der Waals surface area contributed by atoms with E-state index in [0.29, 0.717) is 4.47 Å². The lowest BCUT2D eigenvalue weighted by Crippen LogP contribution is -2.13. The molecule has 0 aliphatic heterocycles. The van der Waals surface area contributed by atoms with Gasteiger partial charge < -0.3 is 5.32 Å². The van der Waals surface area contributed by atoms with Crippen LogP contribution in [0, 0.1) is 29.1 Å². The minimum absolute atomic E-state index is 0.0988. The lowest BCUT2D eigenvalue weighted by atomic mass is 10.1. The van der Waals surface area contributed by atoms with E-state index in [4.69, 9.17) is 0 Å². The third-order valence-electron chi connectivity index (χ3n) is 2.90. The van der Waals surface area contributed by atoms with Crippen molar-refractivity contribution in [3.8, 4) is 0 Å². The Kier molecular flexibility index (Phi) is 4.51. The average molecular weight is 366 g/mol. The van der Waals surface area contributed by atoms with E-state index in [9.17, 15) is 22.0 Å². The van der Waals surface area contributed by atoms with Crippen LogP contribution >= 0.6 is 15.9 Å². The topological polar surface area (TPSA) is 12.0 Å². The number of anilines is 1. The molecular weight excluding hydrogens is 357 g/mol. The van der Waals surface area contributed by atoms with Gasteiger partial charge in [-0.2, -0.15) is 0 Å². The molecule has 0 spiro atoms. The van der Waals surface area contributed by atoms with Crippen LogP contribution in [-0.4, -0.2) is 0 Å². The average Bonchev–Trinajstić information content (AvgIpc) is 2.41. The Morgan fingerprint density at radius 1 is 0.905 bits per heavy atom. The molecule has 21 heavy (non-hydrogen) atoms. The highest BCUT2D eigenvalue weighted by Gasteiger charge is 2.21. The van der Waals surface area contributed by atoms with E-state index >= 15 is 0 Å². The molecule has 1 atom stereocenters. The van der Waals surface area contributed by atoms with E-state index in [0.717, 1.165) is 0 Å². The molecule has 0 aliphatic rings. The van der Waals surface area contributed by atoms with Crippen LogP contribution in [0.4, 0.5) is 27.6 Å². The number of nitrogens with one attached hydrogen (secondary N) is 1. The third kappa shape index (κ3) is 3.18. The SMILES string of the molecule is CC(Nc1c(F)c(F)cc(F)c1F)c1ccc(Br)cc1F. The molecule has 0 fully saturated rings. The molecule has 2 aromatic carbocycles. The summed E-state index contributed by atoms with van der Waals surface area (Å²) in [4.78, 5) is 0. The molecule has 0 radical (unpaired) electrons. The van der Waals surface area contributed by atoms with E-state index < -0.39 is 40.8 Å². The van der Waals surface area contributed by atoms with Crippen LogP contribution < -0.4 is 5.32 Å². The molecule has 0 saturated heterocycles. The second kappa shape index (κ2) is 6.01. The van der Waals surface area contributed by atoms with Gasteiger partial charge in [0.1, 0.15) is 11.5 Å². The van der Waals surface area contributed by atoms with Gasteiger partial charge in [-0.3, -0.25) is 0 Å². The maximum absolute atomic E-state index is 13.8. The molecule has 1 N–H and O–H groups in total. The monoisotopic (exact) mass is 365 g/mol. The van der Waals surface area contributed by atoms with E-state index in [1.54, 1.807) is 0 Å². The first-order valence-corrected chi connectivity index (χ1v) is 6.65. The van der Waals surface area contributed by atoms with Crippen molar-refractivity contribution in [2.75, 3.05) is 5.32 Å². The Morgan fingerprint density at radius 3 is 2.00 bits per heavy atom. The Bertz CT molecular complexity index is 663. The fourth-order valence-corrected chi connectivity index (χ4v) is 2.18. The van der Waals surface area contributed by atoms with Crippen LogP contribution in [0.15, 0.2) is 28.7 Å². The number of benzene rings is 2. The summed E-state index contributed by atoms with van der Waals surface area (Å²) in [5.41, 5.74) is -0.871. The predicted molar refractivity (Wildman–Crippen MR) is 72.4 cm³/mol. The zero-order valence-electron chi connectivity index (χ0n) is 10.7. The first kappa shape index (κ1) is 15.8. The maximum Gasteiger partial charge on any atom is 0.185 e. The Labute approximate surface area is 125 Å². The molecule has 2 rings (SSSR count). The second-order valence-corrected chi connectivity index (χ2v) is 5.29. The quantitative estimate of drug-likeness (QED) is 0.573. The molecular formula is C14H9BrF5N. The van der Waals surface area contributed by atoms with Crippen molar-refractivity contribution in [3.63, 3.8) is 0 Å². The van der Waals surface area contributed by atoms with Gasteiger partial charge in [0.15, 0.2) is 23.3 Å². The zero-order chi connectivity index (χ0) is 15.7. The van der Waals surface area contributed by atoms with Crippen LogP contribution in [0.1, 0.15) is 18.5 Å². The molecule has 7 heteroatoms. The smallest absolute Gasteiger partial charge is 0.185 e. The van der Waals surface area contributed by atoms with Gasteiger partial charge in [0, 0.05) is 16.1 Å². The van der Waals surface area contributed by atoms with E-state index in [2.05, 4.69) is 21.2 Å². The molecule has 1 nitrogen and oxygen atoms in total. The molecule has 0 heterocycles. The maximum atomic E-state index is 13.8. The van der Waals surface area contributed by atoms with Crippen LogP contribution in [0.5, 0.6) is 0 Å². The molecule has 0 saturated carbocycles. The number of rotatable bonds is 3. The standard InChI is InChI=1S/C14H9BrF5N/c1-6(8-3-2-7(15)4-9(8)16)21-14-12(19)10(17)5-11(18)13(14)20/h2-6,21H,1H3. The minimum atomic E-state index is -1.56. The summed E-state index contributed by atoms with van der Waals surface area (Å²) in [5.74, 6) is -6.79. The van der Waals surface area contributed by atoms with Gasteiger partial charge in [-0.15, -0.1) is 0 Å². The van der Waals surface area contributed by atoms with E-state index in [1.165, 1.54) is 25.1 Å². The Balaban J connectivity index is 2.38. The predicted octanol–water partition coefficient (Wildman–Crippen LogP) is 5.32. The molecule has 0 aromatic heterocycles. The zero-order valence-corrected chi connectivity index (χ0v) is 12.2. The van der Waals surface area contributed by atoms with Crippen LogP contribution in [0.2, 0.25) is 0 Å². The van der Waals surface area contributed by atoms with Gasteiger partial charge in [0.05, 0.1) is 6.04 Å². The molecule has 0 amide bonds. The molecule has 112 valence electrons. The fourth-order valence-electron chi connectivity index (χ4n) is 1.85. The van der Waals surface area contributed by atoms with Crippen molar-refractivity contribution in [1.29, 1.82) is 0 Å². The summed E-state index contributed by atoms with van der Waals surface area (Å²) in [5, 5.41) is 2.25. The lowest BCUT2D eigenvalue weighted by Gasteiger charge is -2.18. The van der Waals surface area contributed by atoms with Gasteiger partial charge >= 0.3 is 0 Å². The van der Waals surface area contributed by atoms with Crippen molar-refractivity contribution in [2.45, 2.75) is 13.0 Å². The summed E-state index contributed by atoms with van der Waals surface area (Å²) < 4.78 is 67.5. The molecule has 1 unspecified atom stereocenters. The first-order chi connectivity index (χ1) is 9.81. The summed E-state index contributed by atoms with van der Waals surface area (Å²) in [6, 6.07) is 3.31. The van der Waals surface area contributed by atoms with Crippen LogP contribution in [-0.2, 0) is 0 Å². The van der Waals surface area contributed by atoms with Gasteiger partial charge in [-0.05, 0) is 19.1 Å². The summed E-state index contributed by atoms with van der Waals surface area (Å²) in [7, 11) is 0. The fraction of sp³-hybridized carbons (Fsp3) is 0.143. The third-order valence-corrected chi connectivity index (χ3v) is 3.39. The lowest BCUT2D eigenvalue weighted by molar-refractivity contribution is 0.456. The molecule has 2 aromatic rings. The van der Waals surface area contributed by atoms with Crippen molar-refractivity contribution in [3.05, 3.63) is 63.4 Å². The van der Waals surface area contributed by atoms with Gasteiger partial charge in [0.2, 0.25) is 0 Å². The van der Waals surface area contributed by atoms with Crippen molar-refractivity contribution in [2.24, 2.45) is 0 Å². The molecule has 0 aliphatic carbocycles. The summed E-state index contributed by atoms with van der Waals surface area (Å²) in [6.07, 6.45) is 0. The summed E-state index contributed by atoms with van der Waals surface area (Å²) >= 11 is 3.07. The first-order valence-electron chi connectivity index (χ1n) is 5.85. The van der Waals surface area contributed by atoms with Crippen molar-refractivity contribution >= 4 is 21.6 Å². The number of hydrogen-bond donors (Lipinski definition) is 1. The normalized spacial score (nSPS) is 12.3.